The number of hydrogen-bond donors (Lipinski definition) is 1. The molecule has 1 aromatic heterocycles. The number of rotatable bonds is 6. The molecule has 3 saturated carbocycles. The molecule has 1 heterocycles. The fourth-order valence-electron chi connectivity index (χ4n) is 6.53. The molecule has 28 heavy (non-hydrogen) atoms. The van der Waals surface area contributed by atoms with E-state index in [0.717, 1.165) is 11.8 Å². The number of tetrazole rings is 1. The molecule has 1 N–H and O–H groups in total. The molecule has 4 rings (SSSR count). The van der Waals surface area contributed by atoms with Crippen LogP contribution >= 0.6 is 0 Å². The number of hydrogen-bond acceptors (Lipinski definition) is 5. The predicted molar refractivity (Wildman–Crippen MR) is 110 cm³/mol. The maximum atomic E-state index is 13.2. The van der Waals surface area contributed by atoms with E-state index in [2.05, 4.69) is 20.6 Å². The summed E-state index contributed by atoms with van der Waals surface area (Å²) in [6.45, 7) is 0. The van der Waals surface area contributed by atoms with Crippen molar-refractivity contribution in [2.45, 2.75) is 115 Å². The summed E-state index contributed by atoms with van der Waals surface area (Å²) >= 11 is -3.23. The van der Waals surface area contributed by atoms with Gasteiger partial charge in [-0.05, 0) is 0 Å². The van der Waals surface area contributed by atoms with Crippen molar-refractivity contribution < 1.29 is 7.87 Å². The molecule has 3 aliphatic rings. The Morgan fingerprint density at radius 1 is 0.821 bits per heavy atom. The molecular formula is C21H36N4O2Sn. The zero-order valence-corrected chi connectivity index (χ0v) is 20.1. The van der Waals surface area contributed by atoms with Crippen molar-refractivity contribution >= 4 is 24.8 Å². The summed E-state index contributed by atoms with van der Waals surface area (Å²) in [7, 11) is 0. The number of carbonyl (C=O) groups is 1. The van der Waals surface area contributed by atoms with Gasteiger partial charge in [-0.1, -0.05) is 0 Å². The maximum absolute atomic E-state index is 13.2. The third kappa shape index (κ3) is 4.57. The van der Waals surface area contributed by atoms with Gasteiger partial charge in [0, 0.05) is 0 Å². The SMILES string of the molecule is O=C(Cc1nn[nH]n1)[O][Sn]([CH]1CCCCC1)([CH]1CCCCC1)[CH]1CCCCC1. The third-order valence-electron chi connectivity index (χ3n) is 7.71. The number of nitrogens with one attached hydrogen (secondary N) is 1. The Morgan fingerprint density at radius 2 is 1.29 bits per heavy atom. The van der Waals surface area contributed by atoms with Crippen LogP contribution in [-0.2, 0) is 14.3 Å². The molecule has 7 heteroatoms. The van der Waals surface area contributed by atoms with E-state index in [-0.39, 0.29) is 12.4 Å². The average molecular weight is 495 g/mol. The minimum absolute atomic E-state index is 0.0566. The Bertz CT molecular complexity index is 560. The van der Waals surface area contributed by atoms with Crippen molar-refractivity contribution in [3.05, 3.63) is 5.82 Å². The summed E-state index contributed by atoms with van der Waals surface area (Å²) in [5, 5.41) is 14.1. The van der Waals surface area contributed by atoms with Crippen LogP contribution in [0.4, 0.5) is 0 Å². The summed E-state index contributed by atoms with van der Waals surface area (Å²) in [5.74, 6) is 0.417. The van der Waals surface area contributed by atoms with Gasteiger partial charge in [-0.25, -0.2) is 0 Å². The third-order valence-corrected chi connectivity index (χ3v) is 25.2. The van der Waals surface area contributed by atoms with E-state index >= 15 is 0 Å². The summed E-state index contributed by atoms with van der Waals surface area (Å²) in [6, 6.07) is 0. The van der Waals surface area contributed by atoms with Crippen LogP contribution in [0.1, 0.15) is 102 Å². The van der Waals surface area contributed by atoms with Crippen LogP contribution in [0.25, 0.3) is 0 Å². The van der Waals surface area contributed by atoms with Crippen molar-refractivity contribution in [2.24, 2.45) is 0 Å². The van der Waals surface area contributed by atoms with Crippen LogP contribution in [0.3, 0.4) is 0 Å². The number of aromatic amines is 1. The van der Waals surface area contributed by atoms with Gasteiger partial charge in [-0.15, -0.1) is 0 Å². The molecule has 0 atom stereocenters. The molecule has 6 nitrogen and oxygen atoms in total. The number of aromatic nitrogens is 4. The zero-order valence-electron chi connectivity index (χ0n) is 17.2. The molecule has 3 aliphatic carbocycles. The van der Waals surface area contributed by atoms with Gasteiger partial charge in [0.2, 0.25) is 0 Å². The van der Waals surface area contributed by atoms with Crippen molar-refractivity contribution in [1.82, 2.24) is 20.6 Å². The fourth-order valence-corrected chi connectivity index (χ4v) is 26.2. The standard InChI is InChI=1S/3C6H11.C3H4N4O2.Sn/c3*1-2-4-6-5-3-1;8-3(9)1-2-4-6-7-5-2;/h3*1H,2-6H2;1H2,(H,8,9)(H,4,5,6,7);/q;;;;+1/p-1. The van der Waals surface area contributed by atoms with E-state index in [0.29, 0.717) is 5.82 Å². The van der Waals surface area contributed by atoms with E-state index in [1.165, 1.54) is 96.3 Å². The van der Waals surface area contributed by atoms with Gasteiger partial charge in [0.05, 0.1) is 0 Å². The molecule has 0 amide bonds. The fraction of sp³-hybridized carbons (Fsp3) is 0.905. The van der Waals surface area contributed by atoms with Gasteiger partial charge in [0.1, 0.15) is 0 Å². The van der Waals surface area contributed by atoms with Gasteiger partial charge < -0.3 is 0 Å². The van der Waals surface area contributed by atoms with Crippen LogP contribution < -0.4 is 0 Å². The van der Waals surface area contributed by atoms with Gasteiger partial charge in [0.15, 0.2) is 0 Å². The summed E-state index contributed by atoms with van der Waals surface area (Å²) in [6.07, 6.45) is 20.2. The first kappa shape index (κ1) is 20.6. The van der Waals surface area contributed by atoms with Crippen LogP contribution in [0, 0.1) is 0 Å². The Hall–Kier alpha value is -0.661. The predicted octanol–water partition coefficient (Wildman–Crippen LogP) is 5.23. The van der Waals surface area contributed by atoms with Crippen molar-refractivity contribution in [1.29, 1.82) is 0 Å². The van der Waals surface area contributed by atoms with E-state index < -0.39 is 18.8 Å². The molecule has 0 radical (unpaired) electrons. The topological polar surface area (TPSA) is 80.8 Å². The molecule has 0 bridgehead atoms. The van der Waals surface area contributed by atoms with Gasteiger partial charge >= 0.3 is 174 Å². The summed E-state index contributed by atoms with van der Waals surface area (Å²) in [4.78, 5) is 13.2. The minimum atomic E-state index is -3.23. The average Bonchev–Trinajstić information content (AvgIpc) is 3.27. The second-order valence-corrected chi connectivity index (χ2v) is 21.8. The Labute approximate surface area is 173 Å². The van der Waals surface area contributed by atoms with Crippen LogP contribution in [0.15, 0.2) is 0 Å². The Kier molecular flexibility index (Phi) is 7.28. The van der Waals surface area contributed by atoms with Crippen molar-refractivity contribution in [3.8, 4) is 0 Å². The van der Waals surface area contributed by atoms with Gasteiger partial charge in [0.25, 0.3) is 0 Å². The van der Waals surface area contributed by atoms with Crippen molar-refractivity contribution in [2.75, 3.05) is 0 Å². The van der Waals surface area contributed by atoms with E-state index in [4.69, 9.17) is 3.07 Å². The van der Waals surface area contributed by atoms with E-state index in [1.807, 2.05) is 0 Å². The van der Waals surface area contributed by atoms with Crippen molar-refractivity contribution in [3.63, 3.8) is 0 Å². The Morgan fingerprint density at radius 3 is 1.68 bits per heavy atom. The number of nitrogens with zero attached hydrogens (tertiary/aromatic N) is 3. The molecule has 0 saturated heterocycles. The van der Waals surface area contributed by atoms with Gasteiger partial charge in [-0.3, -0.25) is 0 Å². The quantitative estimate of drug-likeness (QED) is 0.547. The second kappa shape index (κ2) is 9.90. The van der Waals surface area contributed by atoms with Gasteiger partial charge in [-0.2, -0.15) is 0 Å². The normalized spacial score (nSPS) is 23.6. The molecular weight excluding hydrogens is 459 g/mol. The zero-order chi connectivity index (χ0) is 19.2. The number of carbonyl (C=O) groups excluding carboxylic acids is 1. The van der Waals surface area contributed by atoms with Crippen LogP contribution in [-0.4, -0.2) is 45.4 Å². The van der Waals surface area contributed by atoms with Crippen LogP contribution in [0.5, 0.6) is 0 Å². The molecule has 0 aromatic carbocycles. The first-order valence-electron chi connectivity index (χ1n) is 11.7. The molecule has 0 unspecified atom stereocenters. The summed E-state index contributed by atoms with van der Waals surface area (Å²) < 4.78 is 9.10. The Balaban J connectivity index is 1.64. The molecule has 0 aliphatic heterocycles. The first-order chi connectivity index (χ1) is 13.8. The number of H-pyrrole nitrogens is 1. The second-order valence-electron chi connectivity index (χ2n) is 9.34. The molecule has 3 fully saturated rings. The van der Waals surface area contributed by atoms with Crippen LogP contribution in [0.2, 0.25) is 11.8 Å². The molecule has 0 spiro atoms. The molecule has 156 valence electrons. The monoisotopic (exact) mass is 496 g/mol. The molecule has 1 aromatic rings. The van der Waals surface area contributed by atoms with E-state index in [9.17, 15) is 4.79 Å². The van der Waals surface area contributed by atoms with E-state index in [1.54, 1.807) is 0 Å². The summed E-state index contributed by atoms with van der Waals surface area (Å²) in [5.41, 5.74) is 0. The first-order valence-corrected chi connectivity index (χ1v) is 17.8.